The summed E-state index contributed by atoms with van der Waals surface area (Å²) < 4.78 is 1.63. The molecule has 1 aromatic heterocycles. The summed E-state index contributed by atoms with van der Waals surface area (Å²) in [7, 11) is -1.52. The lowest BCUT2D eigenvalue weighted by Crippen LogP contribution is -2.29. The zero-order chi connectivity index (χ0) is 11.9. The van der Waals surface area contributed by atoms with E-state index >= 15 is 0 Å². The second-order valence-corrected chi connectivity index (χ2v) is 4.04. The summed E-state index contributed by atoms with van der Waals surface area (Å²) in [5.41, 5.74) is 1.56. The first kappa shape index (κ1) is 11.0. The van der Waals surface area contributed by atoms with Crippen LogP contribution in [0.1, 0.15) is 19.9 Å². The molecule has 2 aromatic rings. The maximum absolute atomic E-state index is 11.6. The Hall–Kier alpha value is -1.53. The van der Waals surface area contributed by atoms with E-state index in [1.165, 1.54) is 0 Å². The molecule has 0 atom stereocenters. The van der Waals surface area contributed by atoms with Crippen molar-refractivity contribution in [2.75, 3.05) is 0 Å². The number of aromatic nitrogens is 2. The van der Waals surface area contributed by atoms with Gasteiger partial charge in [0.1, 0.15) is 0 Å². The fraction of sp³-hybridized carbons (Fsp3) is 0.300. The van der Waals surface area contributed by atoms with Gasteiger partial charge in [-0.05, 0) is 31.4 Å². The van der Waals surface area contributed by atoms with E-state index < -0.39 is 7.12 Å². The summed E-state index contributed by atoms with van der Waals surface area (Å²) in [5, 5.41) is 18.1. The van der Waals surface area contributed by atoms with Crippen LogP contribution in [0, 0.1) is 0 Å². The van der Waals surface area contributed by atoms with Gasteiger partial charge in [0, 0.05) is 6.04 Å². The Morgan fingerprint density at radius 1 is 1.38 bits per heavy atom. The number of rotatable bonds is 2. The molecule has 0 radical (unpaired) electrons. The highest BCUT2D eigenvalue weighted by Gasteiger charge is 2.14. The SMILES string of the molecule is CC(C)n1c(=O)[nH]c2cc(B(O)O)ccc21. The minimum Gasteiger partial charge on any atom is -0.423 e. The Kier molecular flexibility index (Phi) is 2.61. The molecular weight excluding hydrogens is 207 g/mol. The standard InChI is InChI=1S/C10H13BN2O3/c1-6(2)13-9-4-3-7(11(15)16)5-8(9)12-10(13)14/h3-6,15-16H,1-2H3,(H,12,14). The van der Waals surface area contributed by atoms with Gasteiger partial charge in [-0.15, -0.1) is 0 Å². The van der Waals surface area contributed by atoms with Crippen molar-refractivity contribution in [3.05, 3.63) is 28.7 Å². The fourth-order valence-electron chi connectivity index (χ4n) is 1.82. The average molecular weight is 220 g/mol. The molecule has 0 saturated carbocycles. The number of H-pyrrole nitrogens is 1. The zero-order valence-corrected chi connectivity index (χ0v) is 9.14. The van der Waals surface area contributed by atoms with Gasteiger partial charge in [0.2, 0.25) is 0 Å². The summed E-state index contributed by atoms with van der Waals surface area (Å²) in [6.45, 7) is 3.84. The lowest BCUT2D eigenvalue weighted by atomic mass is 9.80. The third-order valence-corrected chi connectivity index (χ3v) is 2.56. The van der Waals surface area contributed by atoms with Gasteiger partial charge >= 0.3 is 12.8 Å². The van der Waals surface area contributed by atoms with Crippen LogP contribution in [0.2, 0.25) is 0 Å². The molecule has 0 bridgehead atoms. The van der Waals surface area contributed by atoms with E-state index in [1.54, 1.807) is 22.8 Å². The van der Waals surface area contributed by atoms with Crippen molar-refractivity contribution in [2.24, 2.45) is 0 Å². The molecule has 5 nitrogen and oxygen atoms in total. The molecule has 0 aliphatic rings. The van der Waals surface area contributed by atoms with Gasteiger partial charge in [0.15, 0.2) is 0 Å². The molecule has 2 rings (SSSR count). The maximum Gasteiger partial charge on any atom is 0.488 e. The van der Waals surface area contributed by atoms with Gasteiger partial charge in [-0.3, -0.25) is 4.57 Å². The summed E-state index contributed by atoms with van der Waals surface area (Å²) in [4.78, 5) is 14.3. The minimum atomic E-state index is -1.52. The summed E-state index contributed by atoms with van der Waals surface area (Å²) in [6.07, 6.45) is 0. The molecule has 0 saturated heterocycles. The van der Waals surface area contributed by atoms with Crippen molar-refractivity contribution in [1.29, 1.82) is 0 Å². The second-order valence-electron chi connectivity index (χ2n) is 4.04. The van der Waals surface area contributed by atoms with Gasteiger partial charge in [-0.25, -0.2) is 4.79 Å². The van der Waals surface area contributed by atoms with E-state index in [1.807, 2.05) is 13.8 Å². The van der Waals surface area contributed by atoms with E-state index in [2.05, 4.69) is 4.98 Å². The van der Waals surface area contributed by atoms with Crippen LogP contribution in [0.3, 0.4) is 0 Å². The molecule has 0 amide bonds. The molecule has 84 valence electrons. The Morgan fingerprint density at radius 2 is 2.06 bits per heavy atom. The Balaban J connectivity index is 2.70. The zero-order valence-electron chi connectivity index (χ0n) is 9.14. The van der Waals surface area contributed by atoms with Gasteiger partial charge in [-0.2, -0.15) is 0 Å². The second kappa shape index (κ2) is 3.81. The third kappa shape index (κ3) is 1.66. The lowest BCUT2D eigenvalue weighted by Gasteiger charge is -2.06. The molecule has 0 aliphatic heterocycles. The summed E-state index contributed by atoms with van der Waals surface area (Å²) in [6, 6.07) is 4.94. The van der Waals surface area contributed by atoms with Gasteiger partial charge in [-0.1, -0.05) is 6.07 Å². The number of hydrogen-bond donors (Lipinski definition) is 3. The summed E-state index contributed by atoms with van der Waals surface area (Å²) >= 11 is 0. The Morgan fingerprint density at radius 3 is 2.62 bits per heavy atom. The van der Waals surface area contributed by atoms with Crippen molar-refractivity contribution in [3.8, 4) is 0 Å². The first-order valence-corrected chi connectivity index (χ1v) is 5.11. The average Bonchev–Trinajstić information content (AvgIpc) is 2.51. The van der Waals surface area contributed by atoms with Crippen molar-refractivity contribution in [3.63, 3.8) is 0 Å². The third-order valence-electron chi connectivity index (χ3n) is 2.56. The first-order chi connectivity index (χ1) is 7.50. The highest BCUT2D eigenvalue weighted by atomic mass is 16.4. The van der Waals surface area contributed by atoms with Gasteiger partial charge in [0.05, 0.1) is 11.0 Å². The number of imidazole rings is 1. The van der Waals surface area contributed by atoms with Gasteiger partial charge in [0.25, 0.3) is 0 Å². The molecular formula is C10H13BN2O3. The van der Waals surface area contributed by atoms with Crippen LogP contribution in [0.4, 0.5) is 0 Å². The minimum absolute atomic E-state index is 0.0612. The highest BCUT2D eigenvalue weighted by Crippen LogP contribution is 2.12. The van der Waals surface area contributed by atoms with Crippen molar-refractivity contribution >= 4 is 23.6 Å². The quantitative estimate of drug-likeness (QED) is 0.602. The van der Waals surface area contributed by atoms with Gasteiger partial charge < -0.3 is 15.0 Å². The first-order valence-electron chi connectivity index (χ1n) is 5.11. The van der Waals surface area contributed by atoms with Crippen LogP contribution in [0.15, 0.2) is 23.0 Å². The molecule has 0 spiro atoms. The van der Waals surface area contributed by atoms with E-state index in [9.17, 15) is 4.79 Å². The molecule has 0 fully saturated rings. The topological polar surface area (TPSA) is 78.2 Å². The number of hydrogen-bond acceptors (Lipinski definition) is 3. The van der Waals surface area contributed by atoms with Crippen LogP contribution in [-0.4, -0.2) is 26.7 Å². The van der Waals surface area contributed by atoms with Crippen molar-refractivity contribution in [2.45, 2.75) is 19.9 Å². The van der Waals surface area contributed by atoms with Crippen molar-refractivity contribution in [1.82, 2.24) is 9.55 Å². The number of aromatic amines is 1. The molecule has 6 heteroatoms. The Bertz CT molecular complexity index is 571. The normalized spacial score (nSPS) is 11.3. The Labute approximate surface area is 92.5 Å². The highest BCUT2D eigenvalue weighted by molar-refractivity contribution is 6.58. The maximum atomic E-state index is 11.6. The van der Waals surface area contributed by atoms with Crippen LogP contribution in [0.5, 0.6) is 0 Å². The number of nitrogens with one attached hydrogen (secondary N) is 1. The molecule has 1 aromatic carbocycles. The number of nitrogens with zero attached hydrogens (tertiary/aromatic N) is 1. The monoisotopic (exact) mass is 220 g/mol. The molecule has 16 heavy (non-hydrogen) atoms. The molecule has 0 aliphatic carbocycles. The lowest BCUT2D eigenvalue weighted by molar-refractivity contribution is 0.426. The van der Waals surface area contributed by atoms with Crippen LogP contribution in [0.25, 0.3) is 11.0 Å². The predicted octanol–water partition coefficient (Wildman–Crippen LogP) is -0.410. The van der Waals surface area contributed by atoms with E-state index in [-0.39, 0.29) is 11.7 Å². The van der Waals surface area contributed by atoms with E-state index in [0.717, 1.165) is 5.52 Å². The van der Waals surface area contributed by atoms with Crippen LogP contribution < -0.4 is 11.2 Å². The summed E-state index contributed by atoms with van der Waals surface area (Å²) in [5.74, 6) is 0. The largest absolute Gasteiger partial charge is 0.488 e. The molecule has 3 N–H and O–H groups in total. The van der Waals surface area contributed by atoms with E-state index in [0.29, 0.717) is 11.0 Å². The molecule has 0 unspecified atom stereocenters. The van der Waals surface area contributed by atoms with Crippen LogP contribution >= 0.6 is 0 Å². The number of fused-ring (bicyclic) bond motifs is 1. The smallest absolute Gasteiger partial charge is 0.423 e. The fourth-order valence-corrected chi connectivity index (χ4v) is 1.82. The predicted molar refractivity (Wildman–Crippen MR) is 62.8 cm³/mol. The number of benzene rings is 1. The van der Waals surface area contributed by atoms with Crippen LogP contribution in [-0.2, 0) is 0 Å². The molecule has 1 heterocycles. The van der Waals surface area contributed by atoms with E-state index in [4.69, 9.17) is 10.0 Å². The van der Waals surface area contributed by atoms with Crippen molar-refractivity contribution < 1.29 is 10.0 Å².